The Labute approximate surface area is 305 Å². The molecule has 11 aromatic rings. The van der Waals surface area contributed by atoms with Crippen molar-refractivity contribution >= 4 is 82.5 Å². The number of rotatable bonds is 5. The van der Waals surface area contributed by atoms with Crippen LogP contribution in [0.25, 0.3) is 87.7 Å². The lowest BCUT2D eigenvalue weighted by molar-refractivity contribution is 0.668. The molecule has 11 rings (SSSR count). The second-order valence-electron chi connectivity index (χ2n) is 13.6. The average molecular weight is 678 g/mol. The molecule has 0 N–H and O–H groups in total. The summed E-state index contributed by atoms with van der Waals surface area (Å²) in [6.45, 7) is 0. The fourth-order valence-corrected chi connectivity index (χ4v) is 8.31. The molecular weight excluding hydrogens is 647 g/mol. The monoisotopic (exact) mass is 677 g/mol. The minimum Gasteiger partial charge on any atom is -0.456 e. The number of nitrogens with zero attached hydrogens (tertiary/aromatic N) is 1. The first-order chi connectivity index (χ1) is 26.3. The van der Waals surface area contributed by atoms with E-state index in [1.54, 1.807) is 0 Å². The quantitative estimate of drug-likeness (QED) is 0.170. The van der Waals surface area contributed by atoms with Crippen LogP contribution in [0.3, 0.4) is 0 Å². The molecule has 2 heterocycles. The van der Waals surface area contributed by atoms with Crippen molar-refractivity contribution in [1.82, 2.24) is 0 Å². The lowest BCUT2D eigenvalue weighted by atomic mass is 9.92. The number of hydrogen-bond acceptors (Lipinski definition) is 3. The summed E-state index contributed by atoms with van der Waals surface area (Å²) in [6, 6.07) is 66.8. The van der Waals surface area contributed by atoms with E-state index >= 15 is 0 Å². The maximum Gasteiger partial charge on any atom is 0.138 e. The van der Waals surface area contributed by atoms with Crippen LogP contribution in [0.1, 0.15) is 0 Å². The van der Waals surface area contributed by atoms with Crippen LogP contribution in [0.2, 0.25) is 0 Å². The van der Waals surface area contributed by atoms with Gasteiger partial charge in [-0.25, -0.2) is 0 Å². The van der Waals surface area contributed by atoms with Crippen molar-refractivity contribution in [2.24, 2.45) is 0 Å². The molecule has 0 saturated heterocycles. The number of hydrogen-bond donors (Lipinski definition) is 0. The van der Waals surface area contributed by atoms with Gasteiger partial charge in [-0.2, -0.15) is 0 Å². The van der Waals surface area contributed by atoms with Gasteiger partial charge < -0.3 is 13.7 Å². The van der Waals surface area contributed by atoms with Crippen LogP contribution in [0.5, 0.6) is 0 Å². The van der Waals surface area contributed by atoms with Crippen molar-refractivity contribution in [3.8, 4) is 22.3 Å². The van der Waals surface area contributed by atoms with Crippen LogP contribution in [-0.2, 0) is 0 Å². The molecule has 0 atom stereocenters. The predicted molar refractivity (Wildman–Crippen MR) is 222 cm³/mol. The predicted octanol–water partition coefficient (Wildman–Crippen LogP) is 14.6. The van der Waals surface area contributed by atoms with Gasteiger partial charge in [0.2, 0.25) is 0 Å². The summed E-state index contributed by atoms with van der Waals surface area (Å²) >= 11 is 0. The van der Waals surface area contributed by atoms with Gasteiger partial charge in [0.15, 0.2) is 0 Å². The van der Waals surface area contributed by atoms with Crippen LogP contribution >= 0.6 is 0 Å². The van der Waals surface area contributed by atoms with Gasteiger partial charge in [-0.1, -0.05) is 146 Å². The van der Waals surface area contributed by atoms with E-state index in [9.17, 15) is 0 Å². The molecule has 0 aliphatic rings. The molecule has 0 aliphatic heterocycles. The highest BCUT2D eigenvalue weighted by molar-refractivity contribution is 6.30. The molecule has 0 spiro atoms. The average Bonchev–Trinajstić information content (AvgIpc) is 3.79. The first-order valence-corrected chi connectivity index (χ1v) is 18.0. The first-order valence-electron chi connectivity index (χ1n) is 18.0. The second kappa shape index (κ2) is 11.7. The van der Waals surface area contributed by atoms with Gasteiger partial charge >= 0.3 is 0 Å². The molecule has 3 nitrogen and oxygen atoms in total. The van der Waals surface area contributed by atoms with Gasteiger partial charge in [-0.3, -0.25) is 0 Å². The van der Waals surface area contributed by atoms with Crippen LogP contribution in [-0.4, -0.2) is 0 Å². The molecule has 0 unspecified atom stereocenters. The Kier molecular flexibility index (Phi) is 6.55. The van der Waals surface area contributed by atoms with Crippen molar-refractivity contribution in [3.05, 3.63) is 188 Å². The van der Waals surface area contributed by atoms with Gasteiger partial charge in [0.25, 0.3) is 0 Å². The molecule has 0 bridgehead atoms. The SMILES string of the molecule is c1ccc(-c2ccccc2-c2ccccc2N(c2ccc3oc4ccccc4c3c2)c2cc3oc4ccccc4c3c3c2ccc2ccccc23)cc1. The van der Waals surface area contributed by atoms with Crippen molar-refractivity contribution in [3.63, 3.8) is 0 Å². The Morgan fingerprint density at radius 2 is 0.943 bits per heavy atom. The van der Waals surface area contributed by atoms with E-state index in [0.717, 1.165) is 77.5 Å². The molecule has 2 aromatic heterocycles. The lowest BCUT2D eigenvalue weighted by Gasteiger charge is -2.30. The first kappa shape index (κ1) is 29.6. The third-order valence-corrected chi connectivity index (χ3v) is 10.7. The minimum atomic E-state index is 0.854. The van der Waals surface area contributed by atoms with E-state index < -0.39 is 0 Å². The Morgan fingerprint density at radius 3 is 1.79 bits per heavy atom. The number of furan rings is 2. The zero-order valence-corrected chi connectivity index (χ0v) is 28.7. The third kappa shape index (κ3) is 4.61. The van der Waals surface area contributed by atoms with Crippen molar-refractivity contribution < 1.29 is 8.83 Å². The van der Waals surface area contributed by atoms with Crippen LogP contribution in [0.15, 0.2) is 197 Å². The molecular formula is C50H31NO2. The topological polar surface area (TPSA) is 29.5 Å². The summed E-state index contributed by atoms with van der Waals surface area (Å²) in [5.41, 5.74) is 11.2. The van der Waals surface area contributed by atoms with Crippen LogP contribution < -0.4 is 4.90 Å². The maximum absolute atomic E-state index is 6.74. The van der Waals surface area contributed by atoms with Crippen LogP contribution in [0.4, 0.5) is 17.1 Å². The fraction of sp³-hybridized carbons (Fsp3) is 0. The maximum atomic E-state index is 6.74. The summed E-state index contributed by atoms with van der Waals surface area (Å²) < 4.78 is 13.1. The Morgan fingerprint density at radius 1 is 0.321 bits per heavy atom. The van der Waals surface area contributed by atoms with Gasteiger partial charge in [0.05, 0.1) is 11.4 Å². The highest BCUT2D eigenvalue weighted by Crippen LogP contribution is 2.50. The molecule has 0 amide bonds. The van der Waals surface area contributed by atoms with Gasteiger partial charge in [-0.15, -0.1) is 0 Å². The highest BCUT2D eigenvalue weighted by Gasteiger charge is 2.25. The summed E-state index contributed by atoms with van der Waals surface area (Å²) in [4.78, 5) is 2.42. The second-order valence-corrected chi connectivity index (χ2v) is 13.6. The molecule has 9 aromatic carbocycles. The van der Waals surface area contributed by atoms with Crippen molar-refractivity contribution in [2.75, 3.05) is 4.90 Å². The Hall–Kier alpha value is -7.10. The normalized spacial score (nSPS) is 11.8. The minimum absolute atomic E-state index is 0.854. The number of para-hydroxylation sites is 3. The van der Waals surface area contributed by atoms with E-state index in [2.05, 4.69) is 175 Å². The van der Waals surface area contributed by atoms with Crippen molar-refractivity contribution in [1.29, 1.82) is 0 Å². The Bertz CT molecular complexity index is 3190. The molecule has 0 radical (unpaired) electrons. The van der Waals surface area contributed by atoms with E-state index in [4.69, 9.17) is 8.83 Å². The van der Waals surface area contributed by atoms with Crippen molar-refractivity contribution in [2.45, 2.75) is 0 Å². The summed E-state index contributed by atoms with van der Waals surface area (Å²) in [5.74, 6) is 0. The van der Waals surface area contributed by atoms with E-state index in [0.29, 0.717) is 0 Å². The third-order valence-electron chi connectivity index (χ3n) is 10.7. The standard InChI is InChI=1S/C50H31NO2/c1-2-14-32(15-3-1)35-17-6-7-19-37(35)38-20-8-11-23-43(38)51(34-27-29-47-42(30-34)39-21-9-12-24-45(39)52-47)44-31-48-50(41-22-10-13-25-46(41)53-48)49-36-18-5-4-16-33(36)26-28-40(44)49/h1-31H. The molecule has 248 valence electrons. The molecule has 0 saturated carbocycles. The van der Waals surface area contributed by atoms with Gasteiger partial charge in [-0.05, 0) is 63.9 Å². The van der Waals surface area contributed by atoms with Gasteiger partial charge in [0.1, 0.15) is 22.3 Å². The van der Waals surface area contributed by atoms with Gasteiger partial charge in [0, 0.05) is 49.6 Å². The largest absolute Gasteiger partial charge is 0.456 e. The molecule has 0 fully saturated rings. The summed E-state index contributed by atoms with van der Waals surface area (Å²) in [6.07, 6.45) is 0. The molecule has 3 heteroatoms. The summed E-state index contributed by atoms with van der Waals surface area (Å²) in [7, 11) is 0. The van der Waals surface area contributed by atoms with E-state index in [1.165, 1.54) is 27.3 Å². The zero-order valence-electron chi connectivity index (χ0n) is 28.7. The van der Waals surface area contributed by atoms with E-state index in [1.807, 2.05) is 18.2 Å². The Balaban J connectivity index is 1.28. The molecule has 0 aliphatic carbocycles. The highest BCUT2D eigenvalue weighted by atomic mass is 16.3. The smallest absolute Gasteiger partial charge is 0.138 e. The number of fused-ring (bicyclic) bond motifs is 10. The number of anilines is 3. The fourth-order valence-electron chi connectivity index (χ4n) is 8.31. The van der Waals surface area contributed by atoms with E-state index in [-0.39, 0.29) is 0 Å². The lowest BCUT2D eigenvalue weighted by Crippen LogP contribution is -2.12. The molecule has 53 heavy (non-hydrogen) atoms. The van der Waals surface area contributed by atoms with Crippen LogP contribution in [0, 0.1) is 0 Å². The zero-order chi connectivity index (χ0) is 34.9. The number of benzene rings is 9. The summed E-state index contributed by atoms with van der Waals surface area (Å²) in [5, 5.41) is 9.13.